The second-order valence-corrected chi connectivity index (χ2v) is 5.69. The number of rotatable bonds is 4. The van der Waals surface area contributed by atoms with Gasteiger partial charge in [0.25, 0.3) is 0 Å². The van der Waals surface area contributed by atoms with Gasteiger partial charge in [0.1, 0.15) is 0 Å². The summed E-state index contributed by atoms with van der Waals surface area (Å²) in [6, 6.07) is 8.89. The summed E-state index contributed by atoms with van der Waals surface area (Å²) < 4.78 is 5.13. The maximum Gasteiger partial charge on any atom is 0.162 e. The summed E-state index contributed by atoms with van der Waals surface area (Å²) in [6.45, 7) is 8.53. The van der Waals surface area contributed by atoms with E-state index in [1.54, 1.807) is 6.20 Å². The van der Waals surface area contributed by atoms with Gasteiger partial charge in [0.15, 0.2) is 5.42 Å². The molecule has 2 aromatic rings. The van der Waals surface area contributed by atoms with Gasteiger partial charge >= 0.3 is 0 Å². The summed E-state index contributed by atoms with van der Waals surface area (Å²) in [4.78, 5) is 0. The molecule has 1 aromatic heterocycles. The van der Waals surface area contributed by atoms with Crippen LogP contribution in [-0.4, -0.2) is 5.16 Å². The van der Waals surface area contributed by atoms with E-state index in [4.69, 9.17) is 4.52 Å². The molecule has 0 saturated heterocycles. The van der Waals surface area contributed by atoms with Gasteiger partial charge in [-0.15, -0.1) is 0 Å². The highest BCUT2D eigenvalue weighted by Crippen LogP contribution is 2.16. The predicted octanol–water partition coefficient (Wildman–Crippen LogP) is 4.20. The smallest absolute Gasteiger partial charge is 0.162 e. The SMILES string of the molecule is C.C/C=c1/onc/c1=C/C=C(\C)Cc1ccc(C(C)C)cc1. The van der Waals surface area contributed by atoms with Crippen LogP contribution in [0.3, 0.4) is 0 Å². The molecular weight excluding hydrogens is 270 g/mol. The Kier molecular flexibility index (Phi) is 6.84. The van der Waals surface area contributed by atoms with Gasteiger partial charge in [-0.05, 0) is 49.5 Å². The van der Waals surface area contributed by atoms with Crippen LogP contribution in [0.1, 0.15) is 52.2 Å². The molecule has 0 aliphatic carbocycles. The molecule has 1 aromatic carbocycles. The van der Waals surface area contributed by atoms with Crippen molar-refractivity contribution >= 4 is 12.2 Å². The van der Waals surface area contributed by atoms with Crippen molar-refractivity contribution in [3.05, 3.63) is 63.9 Å². The lowest BCUT2D eigenvalue weighted by molar-refractivity contribution is 0.393. The maximum atomic E-state index is 5.13. The van der Waals surface area contributed by atoms with Crippen molar-refractivity contribution in [3.63, 3.8) is 0 Å². The van der Waals surface area contributed by atoms with Crippen molar-refractivity contribution in [2.75, 3.05) is 0 Å². The number of hydrogen-bond donors (Lipinski definition) is 0. The van der Waals surface area contributed by atoms with Gasteiger partial charge in [-0.2, -0.15) is 0 Å². The molecule has 0 radical (unpaired) electrons. The molecule has 22 heavy (non-hydrogen) atoms. The molecule has 0 N–H and O–H groups in total. The zero-order chi connectivity index (χ0) is 15.2. The van der Waals surface area contributed by atoms with E-state index in [2.05, 4.69) is 62.3 Å². The van der Waals surface area contributed by atoms with E-state index in [1.165, 1.54) is 16.7 Å². The first kappa shape index (κ1) is 18.0. The molecule has 0 amide bonds. The first-order chi connectivity index (χ1) is 10.1. The topological polar surface area (TPSA) is 26.0 Å². The Morgan fingerprint density at radius 2 is 1.91 bits per heavy atom. The van der Waals surface area contributed by atoms with Gasteiger partial charge in [-0.25, -0.2) is 0 Å². The maximum absolute atomic E-state index is 5.13. The molecule has 0 spiro atoms. The Hall–Kier alpha value is -2.09. The summed E-state index contributed by atoms with van der Waals surface area (Å²) >= 11 is 0. The molecule has 2 nitrogen and oxygen atoms in total. The van der Waals surface area contributed by atoms with Crippen LogP contribution in [0.4, 0.5) is 0 Å². The van der Waals surface area contributed by atoms with Gasteiger partial charge in [-0.3, -0.25) is 0 Å². The molecule has 0 aliphatic heterocycles. The minimum Gasteiger partial charge on any atom is -0.357 e. The van der Waals surface area contributed by atoms with Crippen molar-refractivity contribution in [2.45, 2.75) is 47.5 Å². The number of aromatic nitrogens is 1. The van der Waals surface area contributed by atoms with Crippen LogP contribution in [0.25, 0.3) is 12.2 Å². The molecule has 0 saturated carbocycles. The molecule has 2 heteroatoms. The van der Waals surface area contributed by atoms with Crippen molar-refractivity contribution in [1.29, 1.82) is 0 Å². The third-order valence-electron chi connectivity index (χ3n) is 3.57. The highest BCUT2D eigenvalue weighted by atomic mass is 16.5. The summed E-state index contributed by atoms with van der Waals surface area (Å²) in [5.74, 6) is 0.585. The van der Waals surface area contributed by atoms with Crippen LogP contribution in [0.5, 0.6) is 0 Å². The van der Waals surface area contributed by atoms with Crippen LogP contribution in [-0.2, 0) is 6.42 Å². The quantitative estimate of drug-likeness (QED) is 0.845. The zero-order valence-electron chi connectivity index (χ0n) is 13.3. The minimum atomic E-state index is 0. The van der Waals surface area contributed by atoms with Gasteiger partial charge in [0, 0.05) is 5.22 Å². The summed E-state index contributed by atoms with van der Waals surface area (Å²) in [7, 11) is 0. The monoisotopic (exact) mass is 297 g/mol. The Labute approximate surface area is 133 Å². The first-order valence-electron chi connectivity index (χ1n) is 7.43. The van der Waals surface area contributed by atoms with Gasteiger partial charge in [-0.1, -0.05) is 62.3 Å². The molecule has 2 rings (SSSR count). The van der Waals surface area contributed by atoms with Crippen molar-refractivity contribution in [1.82, 2.24) is 5.16 Å². The summed E-state index contributed by atoms with van der Waals surface area (Å²) in [5.41, 5.74) is 4.87. The fourth-order valence-corrected chi connectivity index (χ4v) is 2.23. The van der Waals surface area contributed by atoms with Gasteiger partial charge in [0.05, 0.1) is 6.20 Å². The van der Waals surface area contributed by atoms with Gasteiger partial charge < -0.3 is 4.52 Å². The highest BCUT2D eigenvalue weighted by Gasteiger charge is 1.99. The van der Waals surface area contributed by atoms with Crippen LogP contribution >= 0.6 is 0 Å². The fraction of sp³-hybridized carbons (Fsp3) is 0.350. The van der Waals surface area contributed by atoms with E-state index >= 15 is 0 Å². The second-order valence-electron chi connectivity index (χ2n) is 5.69. The van der Waals surface area contributed by atoms with E-state index in [0.29, 0.717) is 5.92 Å². The summed E-state index contributed by atoms with van der Waals surface area (Å²) in [5, 5.41) is 4.83. The number of benzene rings is 1. The molecule has 0 fully saturated rings. The largest absolute Gasteiger partial charge is 0.357 e. The number of nitrogens with zero attached hydrogens (tertiary/aromatic N) is 1. The second kappa shape index (κ2) is 8.38. The van der Waals surface area contributed by atoms with Crippen LogP contribution in [0.2, 0.25) is 0 Å². The Balaban J connectivity index is 0.00000242. The lowest BCUT2D eigenvalue weighted by Gasteiger charge is -2.07. The lowest BCUT2D eigenvalue weighted by atomic mass is 9.99. The normalized spacial score (nSPS) is 13.6. The Morgan fingerprint density at radius 3 is 2.50 bits per heavy atom. The van der Waals surface area contributed by atoms with Crippen molar-refractivity contribution in [3.8, 4) is 0 Å². The van der Waals surface area contributed by atoms with E-state index in [0.717, 1.165) is 17.1 Å². The molecule has 0 bridgehead atoms. The third kappa shape index (κ3) is 4.73. The molecule has 0 unspecified atom stereocenters. The fourth-order valence-electron chi connectivity index (χ4n) is 2.23. The standard InChI is InChI=1S/C19H23NO.CH4/c1-5-19-18(13-20-21-19)9-6-15(4)12-16-7-10-17(11-8-16)14(2)3;/h5-11,13-14H,12H2,1-4H3;1H4/b15-6+,18-9-,19-5+;. The molecule has 1 heterocycles. The molecule has 118 valence electrons. The average molecular weight is 297 g/mol. The third-order valence-corrected chi connectivity index (χ3v) is 3.57. The minimum absolute atomic E-state index is 0. The predicted molar refractivity (Wildman–Crippen MR) is 95.1 cm³/mol. The van der Waals surface area contributed by atoms with E-state index in [9.17, 15) is 0 Å². The molecular formula is C20H27NO. The highest BCUT2D eigenvalue weighted by molar-refractivity contribution is 5.40. The van der Waals surface area contributed by atoms with Crippen LogP contribution in [0, 0.1) is 0 Å². The molecule has 0 atom stereocenters. The van der Waals surface area contributed by atoms with E-state index < -0.39 is 0 Å². The van der Waals surface area contributed by atoms with Crippen molar-refractivity contribution < 1.29 is 4.52 Å². The van der Waals surface area contributed by atoms with Crippen LogP contribution < -0.4 is 10.6 Å². The Morgan fingerprint density at radius 1 is 1.23 bits per heavy atom. The zero-order valence-corrected chi connectivity index (χ0v) is 13.3. The van der Waals surface area contributed by atoms with E-state index in [1.807, 2.05) is 13.0 Å². The van der Waals surface area contributed by atoms with Crippen molar-refractivity contribution in [2.24, 2.45) is 0 Å². The lowest BCUT2D eigenvalue weighted by Crippen LogP contribution is -2.17. The number of hydrogen-bond acceptors (Lipinski definition) is 2. The average Bonchev–Trinajstić information content (AvgIpc) is 2.93. The summed E-state index contributed by atoms with van der Waals surface area (Å²) in [6.07, 6.45) is 8.83. The molecule has 0 aliphatic rings. The Bertz CT molecular complexity index is 718. The van der Waals surface area contributed by atoms with Crippen LogP contribution in [0.15, 0.2) is 46.6 Å². The first-order valence-corrected chi connectivity index (χ1v) is 7.43. The van der Waals surface area contributed by atoms with E-state index in [-0.39, 0.29) is 7.43 Å². The van der Waals surface area contributed by atoms with Gasteiger partial charge in [0.2, 0.25) is 0 Å². The number of allylic oxidation sites excluding steroid dienone is 2.